The molecule has 0 spiro atoms. The summed E-state index contributed by atoms with van der Waals surface area (Å²) < 4.78 is 40.6. The maximum Gasteiger partial charge on any atom is 0.522 e. The summed E-state index contributed by atoms with van der Waals surface area (Å²) in [6.45, 7) is 4.98. The van der Waals surface area contributed by atoms with Crippen molar-refractivity contribution in [2.75, 3.05) is 6.61 Å². The van der Waals surface area contributed by atoms with E-state index in [-0.39, 0.29) is 12.6 Å². The molecular formula is C10H16F3N3O. The molecular weight excluding hydrogens is 235 g/mol. The van der Waals surface area contributed by atoms with E-state index in [9.17, 15) is 13.2 Å². The van der Waals surface area contributed by atoms with Crippen molar-refractivity contribution >= 4 is 0 Å². The standard InChI is InChI=1S/C10H16F3N3O/c1-6(14)9-7(2)15-16(8(9)3)4-5-17-10(11,12)13/h6H,4-5,14H2,1-3H3. The lowest BCUT2D eigenvalue weighted by Gasteiger charge is -2.09. The molecule has 0 amide bonds. The van der Waals surface area contributed by atoms with Gasteiger partial charge in [-0.15, -0.1) is 13.2 Å². The van der Waals surface area contributed by atoms with Gasteiger partial charge in [-0.1, -0.05) is 0 Å². The summed E-state index contributed by atoms with van der Waals surface area (Å²) in [6, 6.07) is -0.188. The van der Waals surface area contributed by atoms with Crippen molar-refractivity contribution in [1.82, 2.24) is 9.78 Å². The molecule has 0 aliphatic heterocycles. The summed E-state index contributed by atoms with van der Waals surface area (Å²) in [4.78, 5) is 0. The van der Waals surface area contributed by atoms with Crippen molar-refractivity contribution in [3.05, 3.63) is 17.0 Å². The maximum absolute atomic E-state index is 11.8. The van der Waals surface area contributed by atoms with Crippen LogP contribution in [0.2, 0.25) is 0 Å². The normalized spacial score (nSPS) is 14.1. The molecule has 7 heteroatoms. The van der Waals surface area contributed by atoms with Crippen molar-refractivity contribution < 1.29 is 17.9 Å². The number of hydrogen-bond donors (Lipinski definition) is 1. The minimum Gasteiger partial charge on any atom is -0.324 e. The van der Waals surface area contributed by atoms with Crippen molar-refractivity contribution in [2.24, 2.45) is 5.73 Å². The van der Waals surface area contributed by atoms with Crippen LogP contribution in [0.4, 0.5) is 13.2 Å². The highest BCUT2D eigenvalue weighted by Gasteiger charge is 2.28. The van der Waals surface area contributed by atoms with Crippen molar-refractivity contribution in [3.8, 4) is 0 Å². The molecule has 98 valence electrons. The SMILES string of the molecule is Cc1nn(CCOC(F)(F)F)c(C)c1C(C)N. The van der Waals surface area contributed by atoms with Gasteiger partial charge in [0.05, 0.1) is 18.8 Å². The van der Waals surface area contributed by atoms with E-state index < -0.39 is 13.0 Å². The highest BCUT2D eigenvalue weighted by atomic mass is 19.4. The van der Waals surface area contributed by atoms with Crippen LogP contribution in [0.1, 0.15) is 29.9 Å². The molecule has 2 N–H and O–H groups in total. The fraction of sp³-hybridized carbons (Fsp3) is 0.700. The number of alkyl halides is 3. The Kier molecular flexibility index (Phi) is 4.16. The third-order valence-corrected chi connectivity index (χ3v) is 2.46. The Labute approximate surface area is 97.5 Å². The first-order valence-electron chi connectivity index (χ1n) is 5.22. The molecule has 1 heterocycles. The summed E-state index contributed by atoms with van der Waals surface area (Å²) in [5, 5.41) is 4.14. The average molecular weight is 251 g/mol. The van der Waals surface area contributed by atoms with E-state index in [4.69, 9.17) is 5.73 Å². The van der Waals surface area contributed by atoms with Crippen LogP contribution < -0.4 is 5.73 Å². The van der Waals surface area contributed by atoms with Gasteiger partial charge in [0.1, 0.15) is 0 Å². The fourth-order valence-electron chi connectivity index (χ4n) is 1.84. The van der Waals surface area contributed by atoms with Crippen molar-refractivity contribution in [2.45, 2.75) is 39.7 Å². The summed E-state index contributed by atoms with van der Waals surface area (Å²) >= 11 is 0. The van der Waals surface area contributed by atoms with Crippen molar-refractivity contribution in [3.63, 3.8) is 0 Å². The van der Waals surface area contributed by atoms with Gasteiger partial charge in [0.25, 0.3) is 0 Å². The zero-order chi connectivity index (χ0) is 13.2. The monoisotopic (exact) mass is 251 g/mol. The molecule has 0 aliphatic carbocycles. The third-order valence-electron chi connectivity index (χ3n) is 2.46. The van der Waals surface area contributed by atoms with E-state index in [2.05, 4.69) is 9.84 Å². The Balaban J connectivity index is 2.70. The first-order valence-corrected chi connectivity index (χ1v) is 5.22. The molecule has 0 radical (unpaired) electrons. The van der Waals surface area contributed by atoms with Gasteiger partial charge in [-0.05, 0) is 20.8 Å². The molecule has 0 saturated carbocycles. The topological polar surface area (TPSA) is 53.1 Å². The first kappa shape index (κ1) is 14.0. The Morgan fingerprint density at radius 1 is 1.41 bits per heavy atom. The quantitative estimate of drug-likeness (QED) is 0.891. The zero-order valence-corrected chi connectivity index (χ0v) is 10.0. The van der Waals surface area contributed by atoms with Crippen LogP contribution in [-0.4, -0.2) is 22.7 Å². The van der Waals surface area contributed by atoms with E-state index in [0.717, 1.165) is 17.0 Å². The van der Waals surface area contributed by atoms with Gasteiger partial charge in [-0.2, -0.15) is 5.10 Å². The highest BCUT2D eigenvalue weighted by molar-refractivity contribution is 5.27. The Morgan fingerprint density at radius 2 is 2.00 bits per heavy atom. The van der Waals surface area contributed by atoms with E-state index in [0.29, 0.717) is 0 Å². The van der Waals surface area contributed by atoms with E-state index in [1.54, 1.807) is 13.8 Å². The predicted octanol–water partition coefficient (Wildman–Crippen LogP) is 2.06. The number of aryl methyl sites for hydroxylation is 1. The van der Waals surface area contributed by atoms with E-state index in [1.807, 2.05) is 6.92 Å². The number of aromatic nitrogens is 2. The second-order valence-corrected chi connectivity index (χ2v) is 3.89. The molecule has 1 rings (SSSR count). The van der Waals surface area contributed by atoms with Crippen LogP contribution in [-0.2, 0) is 11.3 Å². The minimum atomic E-state index is -4.60. The number of nitrogens with two attached hydrogens (primary N) is 1. The van der Waals surface area contributed by atoms with Crippen LogP contribution in [0.15, 0.2) is 0 Å². The first-order chi connectivity index (χ1) is 7.72. The lowest BCUT2D eigenvalue weighted by Crippen LogP contribution is -2.18. The largest absolute Gasteiger partial charge is 0.522 e. The van der Waals surface area contributed by atoms with Crippen LogP contribution in [0, 0.1) is 13.8 Å². The molecule has 1 aromatic heterocycles. The number of nitrogens with zero attached hydrogens (tertiary/aromatic N) is 2. The number of rotatable bonds is 4. The molecule has 1 unspecified atom stereocenters. The second-order valence-electron chi connectivity index (χ2n) is 3.89. The summed E-state index contributed by atoms with van der Waals surface area (Å²) in [6.07, 6.45) is -4.60. The van der Waals surface area contributed by atoms with Gasteiger partial charge in [-0.25, -0.2) is 0 Å². The Hall–Kier alpha value is -1.08. The van der Waals surface area contributed by atoms with E-state index in [1.165, 1.54) is 4.68 Å². The highest BCUT2D eigenvalue weighted by Crippen LogP contribution is 2.20. The molecule has 0 aliphatic rings. The number of hydrogen-bond acceptors (Lipinski definition) is 3. The van der Waals surface area contributed by atoms with Gasteiger partial charge in [0.15, 0.2) is 0 Å². The lowest BCUT2D eigenvalue weighted by atomic mass is 10.1. The lowest BCUT2D eigenvalue weighted by molar-refractivity contribution is -0.325. The molecule has 0 saturated heterocycles. The van der Waals surface area contributed by atoms with Gasteiger partial charge >= 0.3 is 6.36 Å². The van der Waals surface area contributed by atoms with Crippen molar-refractivity contribution in [1.29, 1.82) is 0 Å². The number of halogens is 3. The molecule has 17 heavy (non-hydrogen) atoms. The van der Waals surface area contributed by atoms with Gasteiger partial charge in [0, 0.05) is 17.3 Å². The maximum atomic E-state index is 11.8. The fourth-order valence-corrected chi connectivity index (χ4v) is 1.84. The molecule has 0 aromatic carbocycles. The summed E-state index contributed by atoms with van der Waals surface area (Å²) in [7, 11) is 0. The third kappa shape index (κ3) is 3.71. The van der Waals surface area contributed by atoms with Crippen LogP contribution in [0.3, 0.4) is 0 Å². The summed E-state index contributed by atoms with van der Waals surface area (Å²) in [5.41, 5.74) is 8.16. The van der Waals surface area contributed by atoms with Crippen LogP contribution >= 0.6 is 0 Å². The molecule has 1 atom stereocenters. The Morgan fingerprint density at radius 3 is 2.41 bits per heavy atom. The molecule has 0 bridgehead atoms. The van der Waals surface area contributed by atoms with Gasteiger partial charge in [0.2, 0.25) is 0 Å². The van der Waals surface area contributed by atoms with Crippen LogP contribution in [0.5, 0.6) is 0 Å². The molecule has 4 nitrogen and oxygen atoms in total. The summed E-state index contributed by atoms with van der Waals surface area (Å²) in [5.74, 6) is 0. The van der Waals surface area contributed by atoms with E-state index >= 15 is 0 Å². The van der Waals surface area contributed by atoms with Crippen LogP contribution in [0.25, 0.3) is 0 Å². The predicted molar refractivity (Wildman–Crippen MR) is 56.3 cm³/mol. The van der Waals surface area contributed by atoms with Gasteiger partial charge < -0.3 is 5.73 Å². The zero-order valence-electron chi connectivity index (χ0n) is 10.0. The Bertz CT molecular complexity index is 385. The molecule has 0 fully saturated rings. The minimum absolute atomic E-state index is 0.0545. The smallest absolute Gasteiger partial charge is 0.324 e. The number of ether oxygens (including phenoxy) is 1. The molecule has 1 aromatic rings. The second kappa shape index (κ2) is 5.05. The van der Waals surface area contributed by atoms with Gasteiger partial charge in [-0.3, -0.25) is 9.42 Å². The average Bonchev–Trinajstić information content (AvgIpc) is 2.39.